The second kappa shape index (κ2) is 10.7. The van der Waals surface area contributed by atoms with Gasteiger partial charge >= 0.3 is 5.97 Å². The average Bonchev–Trinajstić information content (AvgIpc) is 3.14. The Morgan fingerprint density at radius 3 is 2.67 bits per heavy atom. The molecule has 0 saturated heterocycles. The number of benzene rings is 1. The first-order valence-electron chi connectivity index (χ1n) is 10.1. The number of hydrogen-bond acceptors (Lipinski definition) is 4. The predicted molar refractivity (Wildman–Crippen MR) is 119 cm³/mol. The van der Waals surface area contributed by atoms with Crippen molar-refractivity contribution in [3.8, 4) is 0 Å². The van der Waals surface area contributed by atoms with Gasteiger partial charge in [-0.15, -0.1) is 0 Å². The van der Waals surface area contributed by atoms with E-state index < -0.39 is 0 Å². The molecule has 30 heavy (non-hydrogen) atoms. The maximum atomic E-state index is 12.5. The summed E-state index contributed by atoms with van der Waals surface area (Å²) in [7, 11) is 1.40. The molecule has 0 atom stereocenters. The minimum atomic E-state index is -0.354. The van der Waals surface area contributed by atoms with Crippen molar-refractivity contribution in [1.29, 1.82) is 0 Å². The third-order valence-electron chi connectivity index (χ3n) is 4.92. The van der Waals surface area contributed by atoms with Crippen LogP contribution in [0.5, 0.6) is 0 Å². The maximum absolute atomic E-state index is 12.5. The van der Waals surface area contributed by atoms with Gasteiger partial charge in [0.15, 0.2) is 0 Å². The molecule has 0 aliphatic heterocycles. The van der Waals surface area contributed by atoms with Crippen molar-refractivity contribution in [2.45, 2.75) is 39.2 Å². The Balaban J connectivity index is 2.00. The first-order valence-corrected chi connectivity index (χ1v) is 10.5. The summed E-state index contributed by atoms with van der Waals surface area (Å²) in [4.78, 5) is 21.1. The highest BCUT2D eigenvalue weighted by atomic mass is 35.5. The first-order chi connectivity index (χ1) is 14.6. The first kappa shape index (κ1) is 21.8. The van der Waals surface area contributed by atoms with Gasteiger partial charge in [0.2, 0.25) is 0 Å². The number of carbonyl (C=O) groups excluding carboxylic acids is 1. The average molecular weight is 424 g/mol. The monoisotopic (exact) mass is 423 g/mol. The van der Waals surface area contributed by atoms with Crippen LogP contribution in [-0.4, -0.2) is 27.6 Å². The number of aromatic nitrogens is 3. The summed E-state index contributed by atoms with van der Waals surface area (Å²) < 4.78 is 7.16. The molecule has 1 aromatic carbocycles. The van der Waals surface area contributed by atoms with Gasteiger partial charge in [-0.05, 0) is 41.8 Å². The molecule has 2 heterocycles. The summed E-state index contributed by atoms with van der Waals surface area (Å²) in [5, 5.41) is 0.715. The number of unbranched alkanes of at least 4 members (excludes halogenated alkanes) is 1. The Hall–Kier alpha value is -2.92. The Morgan fingerprint density at radius 1 is 1.20 bits per heavy atom. The zero-order valence-electron chi connectivity index (χ0n) is 17.3. The fourth-order valence-electron chi connectivity index (χ4n) is 3.27. The van der Waals surface area contributed by atoms with Crippen LogP contribution in [0.4, 0.5) is 0 Å². The van der Waals surface area contributed by atoms with Gasteiger partial charge < -0.3 is 9.30 Å². The van der Waals surface area contributed by atoms with E-state index in [-0.39, 0.29) is 5.97 Å². The fourth-order valence-corrected chi connectivity index (χ4v) is 3.47. The zero-order chi connectivity index (χ0) is 21.3. The van der Waals surface area contributed by atoms with Gasteiger partial charge in [-0.2, -0.15) is 0 Å². The van der Waals surface area contributed by atoms with Crippen LogP contribution >= 0.6 is 11.6 Å². The number of imidazole rings is 1. The van der Waals surface area contributed by atoms with Crippen LogP contribution in [0.25, 0.3) is 6.08 Å². The Morgan fingerprint density at radius 2 is 1.97 bits per heavy atom. The van der Waals surface area contributed by atoms with Gasteiger partial charge in [0.1, 0.15) is 5.82 Å². The molecule has 0 aliphatic rings. The van der Waals surface area contributed by atoms with Gasteiger partial charge in [0, 0.05) is 35.8 Å². The number of halogens is 1. The molecule has 0 amide bonds. The molecule has 0 spiro atoms. The van der Waals surface area contributed by atoms with Crippen molar-refractivity contribution in [3.63, 3.8) is 0 Å². The number of hydrogen-bond donors (Lipinski definition) is 0. The Kier molecular flexibility index (Phi) is 7.80. The predicted octanol–water partition coefficient (Wildman–Crippen LogP) is 5.12. The summed E-state index contributed by atoms with van der Waals surface area (Å²) in [5.41, 5.74) is 3.42. The van der Waals surface area contributed by atoms with E-state index in [1.807, 2.05) is 48.7 Å². The van der Waals surface area contributed by atoms with Crippen LogP contribution < -0.4 is 0 Å². The summed E-state index contributed by atoms with van der Waals surface area (Å²) >= 11 is 6.41. The molecular weight excluding hydrogens is 398 g/mol. The molecule has 3 aromatic rings. The smallest absolute Gasteiger partial charge is 0.334 e. The SMILES string of the molecule is CCCCc1ncc(C=C(Cc2ccncc2)C(=O)OC)n1Cc1ccccc1Cl. The standard InChI is InChI=1S/C24H26ClN3O2/c1-3-4-9-23-27-16-21(28(23)17-19-7-5-6-8-22(19)25)15-20(24(29)30-2)14-18-10-12-26-13-11-18/h5-8,10-13,15-16H,3-4,9,14,17H2,1-2H3. The lowest BCUT2D eigenvalue weighted by molar-refractivity contribution is -0.136. The molecule has 156 valence electrons. The summed E-state index contributed by atoms with van der Waals surface area (Å²) in [5.74, 6) is 0.628. The van der Waals surface area contributed by atoms with Crippen molar-refractivity contribution >= 4 is 23.6 Å². The molecule has 0 saturated carbocycles. The molecule has 0 N–H and O–H groups in total. The van der Waals surface area contributed by atoms with E-state index in [2.05, 4.69) is 21.5 Å². The lowest BCUT2D eigenvalue weighted by Gasteiger charge is -2.13. The topological polar surface area (TPSA) is 57.0 Å². The Labute approximate surface area is 182 Å². The normalized spacial score (nSPS) is 11.5. The van der Waals surface area contributed by atoms with E-state index in [0.29, 0.717) is 23.6 Å². The third-order valence-corrected chi connectivity index (χ3v) is 5.29. The second-order valence-electron chi connectivity index (χ2n) is 7.07. The van der Waals surface area contributed by atoms with Crippen molar-refractivity contribution in [1.82, 2.24) is 14.5 Å². The van der Waals surface area contributed by atoms with Crippen molar-refractivity contribution < 1.29 is 9.53 Å². The van der Waals surface area contributed by atoms with Crippen LogP contribution in [0.15, 0.2) is 60.6 Å². The van der Waals surface area contributed by atoms with Crippen LogP contribution in [0.2, 0.25) is 5.02 Å². The van der Waals surface area contributed by atoms with Gasteiger partial charge in [0.25, 0.3) is 0 Å². The van der Waals surface area contributed by atoms with Crippen LogP contribution in [0, 0.1) is 0 Å². The molecular formula is C24H26ClN3O2. The number of nitrogens with zero attached hydrogens (tertiary/aromatic N) is 3. The number of carbonyl (C=O) groups is 1. The molecule has 0 radical (unpaired) electrons. The number of rotatable bonds is 9. The lowest BCUT2D eigenvalue weighted by atomic mass is 10.1. The third kappa shape index (κ3) is 5.57. The fraction of sp³-hybridized carbons (Fsp3) is 0.292. The molecule has 0 aliphatic carbocycles. The van der Waals surface area contributed by atoms with Crippen molar-refractivity contribution in [3.05, 3.63) is 88.2 Å². The van der Waals surface area contributed by atoms with Gasteiger partial charge in [-0.25, -0.2) is 9.78 Å². The van der Waals surface area contributed by atoms with Gasteiger partial charge in [-0.3, -0.25) is 4.98 Å². The number of methoxy groups -OCH3 is 1. The highest BCUT2D eigenvalue weighted by molar-refractivity contribution is 6.31. The highest BCUT2D eigenvalue weighted by Crippen LogP contribution is 2.21. The molecule has 0 fully saturated rings. The number of ether oxygens (including phenoxy) is 1. The van der Waals surface area contributed by atoms with E-state index in [4.69, 9.17) is 16.3 Å². The van der Waals surface area contributed by atoms with Crippen LogP contribution in [0.1, 0.15) is 42.4 Å². The minimum Gasteiger partial charge on any atom is -0.466 e. The quantitative estimate of drug-likeness (QED) is 0.354. The molecule has 3 rings (SSSR count). The molecule has 0 bridgehead atoms. The second-order valence-corrected chi connectivity index (χ2v) is 7.48. The maximum Gasteiger partial charge on any atom is 0.334 e. The highest BCUT2D eigenvalue weighted by Gasteiger charge is 2.15. The molecule has 5 nitrogen and oxygen atoms in total. The van der Waals surface area contributed by atoms with E-state index in [1.54, 1.807) is 12.4 Å². The molecule has 0 unspecified atom stereocenters. The van der Waals surface area contributed by atoms with Gasteiger partial charge in [-0.1, -0.05) is 43.1 Å². The molecule has 2 aromatic heterocycles. The number of aryl methyl sites for hydroxylation is 1. The number of esters is 1. The number of pyridine rings is 1. The van der Waals surface area contributed by atoms with E-state index in [9.17, 15) is 4.79 Å². The van der Waals surface area contributed by atoms with Gasteiger partial charge in [0.05, 0.1) is 25.5 Å². The summed E-state index contributed by atoms with van der Waals surface area (Å²) in [6.45, 7) is 2.75. The summed E-state index contributed by atoms with van der Waals surface area (Å²) in [6, 6.07) is 11.6. The summed E-state index contributed by atoms with van der Waals surface area (Å²) in [6.07, 6.45) is 10.6. The van der Waals surface area contributed by atoms with E-state index in [0.717, 1.165) is 41.9 Å². The van der Waals surface area contributed by atoms with E-state index in [1.165, 1.54) is 7.11 Å². The van der Waals surface area contributed by atoms with E-state index >= 15 is 0 Å². The van der Waals surface area contributed by atoms with Crippen molar-refractivity contribution in [2.24, 2.45) is 0 Å². The largest absolute Gasteiger partial charge is 0.466 e. The van der Waals surface area contributed by atoms with Crippen LogP contribution in [0.3, 0.4) is 0 Å². The zero-order valence-corrected chi connectivity index (χ0v) is 18.1. The minimum absolute atomic E-state index is 0.354. The van der Waals surface area contributed by atoms with Crippen LogP contribution in [-0.2, 0) is 28.9 Å². The lowest BCUT2D eigenvalue weighted by Crippen LogP contribution is -2.11. The Bertz CT molecular complexity index is 1010. The molecule has 6 heteroatoms. The van der Waals surface area contributed by atoms with Crippen molar-refractivity contribution in [2.75, 3.05) is 7.11 Å².